The van der Waals surface area contributed by atoms with Crippen molar-refractivity contribution in [2.45, 2.75) is 20.8 Å². The summed E-state index contributed by atoms with van der Waals surface area (Å²) >= 11 is 0. The van der Waals surface area contributed by atoms with Crippen LogP contribution in [0.2, 0.25) is 0 Å². The van der Waals surface area contributed by atoms with Gasteiger partial charge in [-0.15, -0.1) is 0 Å². The highest BCUT2D eigenvalue weighted by Crippen LogP contribution is 2.17. The minimum Gasteiger partial charge on any atom is -0.430 e. The Hall–Kier alpha value is -2.49. The van der Waals surface area contributed by atoms with E-state index in [-0.39, 0.29) is 5.76 Å². The van der Waals surface area contributed by atoms with Crippen LogP contribution in [0.15, 0.2) is 36.1 Å². The fourth-order valence-electron chi connectivity index (χ4n) is 2.28. The second kappa shape index (κ2) is 5.87. The van der Waals surface area contributed by atoms with Gasteiger partial charge in [-0.1, -0.05) is 35.4 Å². The van der Waals surface area contributed by atoms with Crippen molar-refractivity contribution in [3.05, 3.63) is 52.8 Å². The van der Waals surface area contributed by atoms with Crippen LogP contribution in [0.4, 0.5) is 0 Å². The summed E-state index contributed by atoms with van der Waals surface area (Å²) in [5.41, 5.74) is 3.01. The number of ketones is 2. The number of allylic oxidation sites excluding steroid dienone is 3. The summed E-state index contributed by atoms with van der Waals surface area (Å²) in [7, 11) is 0. The smallest absolute Gasteiger partial charge is 0.329 e. The average molecular weight is 284 g/mol. The third-order valence-corrected chi connectivity index (χ3v) is 3.10. The topological polar surface area (TPSA) is 60.4 Å². The molecular formula is C17H16O4. The number of ether oxygens (including phenoxy) is 1. The van der Waals surface area contributed by atoms with Crippen molar-refractivity contribution in [2.24, 2.45) is 5.92 Å². The quantitative estimate of drug-likeness (QED) is 0.486. The predicted molar refractivity (Wildman–Crippen MR) is 78.3 cm³/mol. The van der Waals surface area contributed by atoms with Gasteiger partial charge in [-0.05, 0) is 32.4 Å². The highest BCUT2D eigenvalue weighted by molar-refractivity contribution is 6.25. The number of hydrogen-bond acceptors (Lipinski definition) is 4. The van der Waals surface area contributed by atoms with Gasteiger partial charge in [-0.25, -0.2) is 0 Å². The van der Waals surface area contributed by atoms with Gasteiger partial charge in [-0.3, -0.25) is 14.4 Å². The second-order valence-corrected chi connectivity index (χ2v) is 5.17. The molecule has 0 radical (unpaired) electrons. The first-order valence-electron chi connectivity index (χ1n) is 6.61. The van der Waals surface area contributed by atoms with Crippen molar-refractivity contribution in [1.29, 1.82) is 0 Å². The van der Waals surface area contributed by atoms with Crippen molar-refractivity contribution in [3.8, 4) is 0 Å². The van der Waals surface area contributed by atoms with Gasteiger partial charge < -0.3 is 4.74 Å². The Morgan fingerprint density at radius 2 is 1.71 bits per heavy atom. The number of cyclic esters (lactones) is 1. The van der Waals surface area contributed by atoms with E-state index in [1.54, 1.807) is 6.08 Å². The molecule has 108 valence electrons. The van der Waals surface area contributed by atoms with Crippen LogP contribution in [0.3, 0.4) is 0 Å². The summed E-state index contributed by atoms with van der Waals surface area (Å²) in [6, 6.07) is 5.86. The molecule has 0 spiro atoms. The van der Waals surface area contributed by atoms with Crippen LogP contribution < -0.4 is 0 Å². The zero-order valence-corrected chi connectivity index (χ0v) is 12.2. The molecule has 1 aliphatic heterocycles. The molecule has 0 saturated heterocycles. The molecule has 0 aliphatic carbocycles. The van der Waals surface area contributed by atoms with Crippen molar-refractivity contribution in [2.75, 3.05) is 0 Å². The van der Waals surface area contributed by atoms with Crippen LogP contribution in [-0.4, -0.2) is 17.5 Å². The Balaban J connectivity index is 2.19. The van der Waals surface area contributed by atoms with Gasteiger partial charge in [0.1, 0.15) is 5.76 Å². The lowest BCUT2D eigenvalue weighted by molar-refractivity contribution is -0.151. The summed E-state index contributed by atoms with van der Waals surface area (Å²) in [5.74, 6) is -3.06. The van der Waals surface area contributed by atoms with Crippen LogP contribution in [0.1, 0.15) is 23.6 Å². The van der Waals surface area contributed by atoms with Gasteiger partial charge in [0, 0.05) is 6.08 Å². The Morgan fingerprint density at radius 1 is 1.10 bits per heavy atom. The normalized spacial score (nSPS) is 18.6. The Bertz CT molecular complexity index is 660. The van der Waals surface area contributed by atoms with Crippen molar-refractivity contribution < 1.29 is 19.1 Å². The molecule has 4 heteroatoms. The maximum atomic E-state index is 12.0. The highest BCUT2D eigenvalue weighted by atomic mass is 16.5. The molecule has 2 rings (SSSR count). The number of carbonyl (C=O) groups excluding carboxylic acids is 3. The van der Waals surface area contributed by atoms with E-state index in [0.29, 0.717) is 0 Å². The van der Waals surface area contributed by atoms with Crippen LogP contribution in [-0.2, 0) is 19.1 Å². The first-order valence-corrected chi connectivity index (χ1v) is 6.61. The maximum Gasteiger partial charge on any atom is 0.329 e. The molecule has 1 heterocycles. The molecule has 0 N–H and O–H groups in total. The molecule has 1 atom stereocenters. The van der Waals surface area contributed by atoms with Crippen LogP contribution in [0, 0.1) is 19.8 Å². The minimum atomic E-state index is -1.38. The Morgan fingerprint density at radius 3 is 2.29 bits per heavy atom. The van der Waals surface area contributed by atoms with Crippen molar-refractivity contribution in [1.82, 2.24) is 0 Å². The van der Waals surface area contributed by atoms with Crippen LogP contribution >= 0.6 is 0 Å². The monoisotopic (exact) mass is 284 g/mol. The fourth-order valence-corrected chi connectivity index (χ4v) is 2.28. The third-order valence-electron chi connectivity index (χ3n) is 3.10. The van der Waals surface area contributed by atoms with Gasteiger partial charge >= 0.3 is 5.97 Å². The molecule has 0 bridgehead atoms. The van der Waals surface area contributed by atoms with E-state index in [1.807, 2.05) is 32.0 Å². The van der Waals surface area contributed by atoms with E-state index in [4.69, 9.17) is 4.74 Å². The summed E-state index contributed by atoms with van der Waals surface area (Å²) in [6.07, 6.45) is 4.04. The lowest BCUT2D eigenvalue weighted by Gasteiger charge is -2.15. The lowest BCUT2D eigenvalue weighted by atomic mass is 9.95. The predicted octanol–water partition coefficient (Wildman–Crippen LogP) is 2.53. The molecule has 0 fully saturated rings. The molecule has 1 unspecified atom stereocenters. The van der Waals surface area contributed by atoms with Gasteiger partial charge in [-0.2, -0.15) is 0 Å². The summed E-state index contributed by atoms with van der Waals surface area (Å²) in [6.45, 7) is 5.42. The summed E-state index contributed by atoms with van der Waals surface area (Å²) < 4.78 is 4.83. The number of rotatable bonds is 3. The number of carbonyl (C=O) groups is 3. The van der Waals surface area contributed by atoms with Crippen LogP contribution in [0.5, 0.6) is 0 Å². The first kappa shape index (κ1) is 14.9. The zero-order valence-electron chi connectivity index (χ0n) is 12.2. The molecule has 21 heavy (non-hydrogen) atoms. The average Bonchev–Trinajstić information content (AvgIpc) is 2.34. The molecule has 0 aromatic heterocycles. The SMILES string of the molecule is CC1=CC(=O)C(C(=O)C=Cc2cc(C)cc(C)c2)C(=O)O1. The van der Waals surface area contributed by atoms with E-state index >= 15 is 0 Å². The van der Waals surface area contributed by atoms with Crippen molar-refractivity contribution in [3.63, 3.8) is 0 Å². The second-order valence-electron chi connectivity index (χ2n) is 5.17. The third kappa shape index (κ3) is 3.54. The summed E-state index contributed by atoms with van der Waals surface area (Å²) in [5, 5.41) is 0. The maximum absolute atomic E-state index is 12.0. The number of esters is 1. The number of aryl methyl sites for hydroxylation is 2. The van der Waals surface area contributed by atoms with Crippen LogP contribution in [0.25, 0.3) is 6.08 Å². The van der Waals surface area contributed by atoms with E-state index in [1.165, 1.54) is 19.1 Å². The molecule has 0 amide bonds. The Labute approximate surface area is 123 Å². The number of benzene rings is 1. The number of hydrogen-bond donors (Lipinski definition) is 0. The molecule has 1 aromatic carbocycles. The molecular weight excluding hydrogens is 268 g/mol. The van der Waals surface area contributed by atoms with E-state index < -0.39 is 23.5 Å². The Kier molecular flexibility index (Phi) is 4.17. The van der Waals surface area contributed by atoms with Gasteiger partial charge in [0.05, 0.1) is 0 Å². The van der Waals surface area contributed by atoms with E-state index in [2.05, 4.69) is 0 Å². The molecule has 0 saturated carbocycles. The largest absolute Gasteiger partial charge is 0.430 e. The minimum absolute atomic E-state index is 0.215. The lowest BCUT2D eigenvalue weighted by Crippen LogP contribution is -2.34. The van der Waals surface area contributed by atoms with Gasteiger partial charge in [0.2, 0.25) is 0 Å². The fraction of sp³-hybridized carbons (Fsp3) is 0.235. The van der Waals surface area contributed by atoms with Gasteiger partial charge in [0.25, 0.3) is 0 Å². The van der Waals surface area contributed by atoms with E-state index in [9.17, 15) is 14.4 Å². The van der Waals surface area contributed by atoms with Gasteiger partial charge in [0.15, 0.2) is 17.5 Å². The first-order chi connectivity index (χ1) is 9.86. The zero-order chi connectivity index (χ0) is 15.6. The van der Waals surface area contributed by atoms with Crippen molar-refractivity contribution >= 4 is 23.6 Å². The highest BCUT2D eigenvalue weighted by Gasteiger charge is 2.36. The molecule has 1 aromatic rings. The summed E-state index contributed by atoms with van der Waals surface area (Å²) in [4.78, 5) is 35.4. The molecule has 1 aliphatic rings. The standard InChI is InChI=1S/C17H16O4/c1-10-6-11(2)8-13(7-10)4-5-14(18)16-15(19)9-12(3)21-17(16)20/h4-9,16H,1-3H3. The van der Waals surface area contributed by atoms with E-state index in [0.717, 1.165) is 16.7 Å². The molecule has 4 nitrogen and oxygen atoms in total.